The summed E-state index contributed by atoms with van der Waals surface area (Å²) in [6.07, 6.45) is 1.74. The second-order valence-electron chi connectivity index (χ2n) is 5.69. The number of hydrogen-bond acceptors (Lipinski definition) is 4. The van der Waals surface area contributed by atoms with Gasteiger partial charge in [-0.1, -0.05) is 17.7 Å². The smallest absolute Gasteiger partial charge is 0.258 e. The lowest BCUT2D eigenvalue weighted by molar-refractivity contribution is -0.113. The van der Waals surface area contributed by atoms with E-state index in [1.165, 1.54) is 34.4 Å². The molecule has 0 fully saturated rings. The molecule has 2 heterocycles. The van der Waals surface area contributed by atoms with Gasteiger partial charge in [-0.25, -0.2) is 9.37 Å². The monoisotopic (exact) mass is 391 g/mol. The van der Waals surface area contributed by atoms with Gasteiger partial charge in [0.1, 0.15) is 11.5 Å². The van der Waals surface area contributed by atoms with E-state index in [1.54, 1.807) is 12.3 Å². The van der Waals surface area contributed by atoms with Crippen molar-refractivity contribution in [3.63, 3.8) is 0 Å². The van der Waals surface area contributed by atoms with Crippen LogP contribution in [0.25, 0.3) is 5.65 Å². The van der Waals surface area contributed by atoms with Gasteiger partial charge in [0.15, 0.2) is 0 Å². The number of amides is 1. The Bertz CT molecular complexity index is 1040. The number of aryl methyl sites for hydroxylation is 1. The minimum Gasteiger partial charge on any atom is -0.324 e. The summed E-state index contributed by atoms with van der Waals surface area (Å²) >= 11 is 7.20. The summed E-state index contributed by atoms with van der Waals surface area (Å²) in [5.74, 6) is -0.157. The average Bonchev–Trinajstić information content (AvgIpc) is 2.58. The molecule has 0 atom stereocenters. The molecule has 26 heavy (non-hydrogen) atoms. The standard InChI is InChI=1S/C18H15ClFN3O2S/c1-11-2-5-16-21-13(7-18(25)23(16)8-11)9-26-10-17(24)22-15-4-3-12(20)6-14(15)19/h2-8H,9-10H2,1H3,(H,22,24). The van der Waals surface area contributed by atoms with Crippen LogP contribution in [0.5, 0.6) is 0 Å². The Morgan fingerprint density at radius 3 is 2.88 bits per heavy atom. The molecule has 0 radical (unpaired) electrons. The fourth-order valence-corrected chi connectivity index (χ4v) is 3.29. The van der Waals surface area contributed by atoms with Crippen LogP contribution in [0.15, 0.2) is 47.4 Å². The summed E-state index contributed by atoms with van der Waals surface area (Å²) < 4.78 is 14.5. The molecule has 0 spiro atoms. The van der Waals surface area contributed by atoms with Crippen LogP contribution >= 0.6 is 23.4 Å². The summed E-state index contributed by atoms with van der Waals surface area (Å²) in [6.45, 7) is 1.90. The highest BCUT2D eigenvalue weighted by Crippen LogP contribution is 2.22. The van der Waals surface area contributed by atoms with Crippen molar-refractivity contribution < 1.29 is 9.18 Å². The number of rotatable bonds is 5. The zero-order valence-electron chi connectivity index (χ0n) is 13.8. The van der Waals surface area contributed by atoms with Crippen LogP contribution in [-0.2, 0) is 10.5 Å². The summed E-state index contributed by atoms with van der Waals surface area (Å²) in [5.41, 5.74) is 2.35. The average molecular weight is 392 g/mol. The summed E-state index contributed by atoms with van der Waals surface area (Å²) in [7, 11) is 0. The maximum atomic E-state index is 13.0. The number of carbonyl (C=O) groups excluding carboxylic acids is 1. The predicted molar refractivity (Wildman–Crippen MR) is 102 cm³/mol. The first-order valence-corrected chi connectivity index (χ1v) is 9.27. The quantitative estimate of drug-likeness (QED) is 0.720. The Hall–Kier alpha value is -2.38. The van der Waals surface area contributed by atoms with Crippen LogP contribution in [0.2, 0.25) is 5.02 Å². The maximum Gasteiger partial charge on any atom is 0.258 e. The largest absolute Gasteiger partial charge is 0.324 e. The van der Waals surface area contributed by atoms with Gasteiger partial charge in [-0.3, -0.25) is 14.0 Å². The number of benzene rings is 1. The van der Waals surface area contributed by atoms with Crippen LogP contribution in [0.3, 0.4) is 0 Å². The molecule has 0 saturated carbocycles. The van der Waals surface area contributed by atoms with E-state index in [2.05, 4.69) is 10.3 Å². The van der Waals surface area contributed by atoms with Crippen molar-refractivity contribution in [3.05, 3.63) is 75.0 Å². The number of anilines is 1. The van der Waals surface area contributed by atoms with Gasteiger partial charge in [-0.2, -0.15) is 0 Å². The third-order valence-corrected chi connectivity index (χ3v) is 4.83. The zero-order chi connectivity index (χ0) is 18.7. The summed E-state index contributed by atoms with van der Waals surface area (Å²) in [4.78, 5) is 28.6. The molecule has 1 aromatic carbocycles. The molecule has 1 N–H and O–H groups in total. The third-order valence-electron chi connectivity index (χ3n) is 3.55. The lowest BCUT2D eigenvalue weighted by atomic mass is 10.3. The highest BCUT2D eigenvalue weighted by atomic mass is 35.5. The lowest BCUT2D eigenvalue weighted by Crippen LogP contribution is -2.16. The molecule has 8 heteroatoms. The molecule has 0 unspecified atom stereocenters. The Kier molecular flexibility index (Phi) is 5.58. The Morgan fingerprint density at radius 1 is 1.31 bits per heavy atom. The second-order valence-corrected chi connectivity index (χ2v) is 7.08. The summed E-state index contributed by atoms with van der Waals surface area (Å²) in [6, 6.07) is 8.91. The van der Waals surface area contributed by atoms with E-state index in [-0.39, 0.29) is 22.2 Å². The minimum atomic E-state index is -0.466. The Morgan fingerprint density at radius 2 is 2.12 bits per heavy atom. The molecule has 5 nitrogen and oxygen atoms in total. The topological polar surface area (TPSA) is 63.5 Å². The number of pyridine rings is 1. The zero-order valence-corrected chi connectivity index (χ0v) is 15.4. The molecular weight excluding hydrogens is 377 g/mol. The van der Waals surface area contributed by atoms with Crippen molar-refractivity contribution in [2.75, 3.05) is 11.1 Å². The molecule has 3 aromatic rings. The lowest BCUT2D eigenvalue weighted by Gasteiger charge is -2.07. The SMILES string of the molecule is Cc1ccc2nc(CSCC(=O)Nc3ccc(F)cc3Cl)cc(=O)n2c1. The number of fused-ring (bicyclic) bond motifs is 1. The first-order valence-electron chi connectivity index (χ1n) is 7.74. The van der Waals surface area contributed by atoms with Crippen LogP contribution in [0, 0.1) is 12.7 Å². The van der Waals surface area contributed by atoms with Crippen LogP contribution in [0.1, 0.15) is 11.3 Å². The number of thioether (sulfide) groups is 1. The van der Waals surface area contributed by atoms with Crippen LogP contribution in [0.4, 0.5) is 10.1 Å². The highest BCUT2D eigenvalue weighted by molar-refractivity contribution is 7.99. The van der Waals surface area contributed by atoms with Crippen LogP contribution in [-0.4, -0.2) is 21.0 Å². The molecule has 1 amide bonds. The summed E-state index contributed by atoms with van der Waals surface area (Å²) in [5, 5.41) is 2.77. The van der Waals surface area contributed by atoms with E-state index in [9.17, 15) is 14.0 Å². The number of halogens is 2. The van der Waals surface area contributed by atoms with Gasteiger partial charge in [-0.05, 0) is 36.8 Å². The van der Waals surface area contributed by atoms with E-state index in [4.69, 9.17) is 11.6 Å². The number of aromatic nitrogens is 2. The first-order chi connectivity index (χ1) is 12.4. The van der Waals surface area contributed by atoms with E-state index in [0.717, 1.165) is 11.6 Å². The molecule has 0 aliphatic rings. The van der Waals surface area contributed by atoms with Gasteiger partial charge in [0, 0.05) is 18.0 Å². The molecule has 2 aromatic heterocycles. The van der Waals surface area contributed by atoms with Crippen molar-refractivity contribution in [2.24, 2.45) is 0 Å². The van der Waals surface area contributed by atoms with E-state index in [0.29, 0.717) is 22.8 Å². The molecule has 0 bridgehead atoms. The maximum absolute atomic E-state index is 13.0. The van der Waals surface area contributed by atoms with Crippen molar-refractivity contribution in [3.8, 4) is 0 Å². The fourth-order valence-electron chi connectivity index (χ4n) is 2.36. The van der Waals surface area contributed by atoms with Gasteiger partial charge in [0.05, 0.1) is 22.2 Å². The molecule has 3 rings (SSSR count). The van der Waals surface area contributed by atoms with E-state index in [1.807, 2.05) is 13.0 Å². The van der Waals surface area contributed by atoms with E-state index < -0.39 is 5.82 Å². The van der Waals surface area contributed by atoms with E-state index >= 15 is 0 Å². The first kappa shape index (κ1) is 18.4. The molecular formula is C18H15ClFN3O2S. The Labute approximate surface area is 158 Å². The normalized spacial score (nSPS) is 10.9. The number of hydrogen-bond donors (Lipinski definition) is 1. The number of carbonyl (C=O) groups is 1. The van der Waals surface area contributed by atoms with Crippen molar-refractivity contribution in [2.45, 2.75) is 12.7 Å². The molecule has 0 aliphatic carbocycles. The third kappa shape index (κ3) is 4.42. The second kappa shape index (κ2) is 7.88. The van der Waals surface area contributed by atoms with Crippen molar-refractivity contribution >= 4 is 40.6 Å². The minimum absolute atomic E-state index is 0.142. The van der Waals surface area contributed by atoms with Gasteiger partial charge in [0.2, 0.25) is 5.91 Å². The molecule has 134 valence electrons. The van der Waals surface area contributed by atoms with Gasteiger partial charge in [-0.15, -0.1) is 11.8 Å². The fraction of sp³-hybridized carbons (Fsp3) is 0.167. The van der Waals surface area contributed by atoms with Gasteiger partial charge in [0.25, 0.3) is 5.56 Å². The number of nitrogens with one attached hydrogen (secondary N) is 1. The van der Waals surface area contributed by atoms with Crippen molar-refractivity contribution in [1.29, 1.82) is 0 Å². The highest BCUT2D eigenvalue weighted by Gasteiger charge is 2.08. The Balaban J connectivity index is 1.61. The predicted octanol–water partition coefficient (Wildman–Crippen LogP) is 3.67. The molecule has 0 aliphatic heterocycles. The molecule has 0 saturated heterocycles. The van der Waals surface area contributed by atoms with Gasteiger partial charge < -0.3 is 5.32 Å². The number of nitrogens with zero attached hydrogens (tertiary/aromatic N) is 2. The van der Waals surface area contributed by atoms with Gasteiger partial charge >= 0.3 is 0 Å². The van der Waals surface area contributed by atoms with Crippen LogP contribution < -0.4 is 10.9 Å². The van der Waals surface area contributed by atoms with Crippen molar-refractivity contribution in [1.82, 2.24) is 9.38 Å².